The minimum atomic E-state index is -4.44. The van der Waals surface area contributed by atoms with E-state index in [-0.39, 0.29) is 12.1 Å². The highest BCUT2D eigenvalue weighted by Gasteiger charge is 2.35. The molecule has 2 amide bonds. The molecule has 0 aliphatic carbocycles. The smallest absolute Gasteiger partial charge is 0.314 e. The molecule has 6 nitrogen and oxygen atoms in total. The molecule has 0 spiro atoms. The van der Waals surface area contributed by atoms with Crippen molar-refractivity contribution < 1.29 is 18.0 Å². The van der Waals surface area contributed by atoms with Crippen molar-refractivity contribution in [3.8, 4) is 0 Å². The Morgan fingerprint density at radius 1 is 1.12 bits per heavy atom. The number of halogens is 4. The predicted octanol–water partition coefficient (Wildman–Crippen LogP) is 6.29. The highest BCUT2D eigenvalue weighted by molar-refractivity contribution is 6.30. The largest absolute Gasteiger partial charge is 0.416 e. The number of urea groups is 1. The van der Waals surface area contributed by atoms with Gasteiger partial charge in [-0.05, 0) is 74.6 Å². The molecule has 0 saturated carbocycles. The monoisotopic (exact) mass is 491 g/mol. The van der Waals surface area contributed by atoms with Gasteiger partial charge in [0, 0.05) is 17.3 Å². The second-order valence-electron chi connectivity index (χ2n) is 8.58. The summed E-state index contributed by atoms with van der Waals surface area (Å²) in [7, 11) is 0. The van der Waals surface area contributed by atoms with Gasteiger partial charge in [-0.3, -0.25) is 0 Å². The molecule has 3 aromatic rings. The minimum Gasteiger partial charge on any atom is -0.314 e. The molecule has 1 saturated heterocycles. The third kappa shape index (κ3) is 4.89. The molecule has 10 heteroatoms. The lowest BCUT2D eigenvalue weighted by atomic mass is 10.0. The fourth-order valence-electron chi connectivity index (χ4n) is 4.39. The number of hydrogen-bond acceptors (Lipinski definition) is 3. The number of amides is 2. The van der Waals surface area contributed by atoms with E-state index in [2.05, 4.69) is 15.5 Å². The summed E-state index contributed by atoms with van der Waals surface area (Å²) < 4.78 is 41.4. The van der Waals surface area contributed by atoms with Gasteiger partial charge < -0.3 is 14.8 Å². The summed E-state index contributed by atoms with van der Waals surface area (Å²) in [6.07, 6.45) is -2.93. The zero-order chi connectivity index (χ0) is 24.6. The lowest BCUT2D eigenvalue weighted by molar-refractivity contribution is -0.137. The number of nitrogens with zero attached hydrogens (tertiary/aromatic N) is 4. The first-order chi connectivity index (χ1) is 16.0. The zero-order valence-electron chi connectivity index (χ0n) is 19.1. The summed E-state index contributed by atoms with van der Waals surface area (Å²) >= 11 is 5.99. The molecule has 2 heterocycles. The van der Waals surface area contributed by atoms with Gasteiger partial charge in [0.2, 0.25) is 0 Å². The maximum atomic E-state index is 13.2. The van der Waals surface area contributed by atoms with E-state index in [9.17, 15) is 18.0 Å². The van der Waals surface area contributed by atoms with Crippen molar-refractivity contribution in [2.24, 2.45) is 0 Å². The van der Waals surface area contributed by atoms with Crippen LogP contribution in [0.2, 0.25) is 5.02 Å². The molecule has 34 heavy (non-hydrogen) atoms. The maximum Gasteiger partial charge on any atom is 0.416 e. The van der Waals surface area contributed by atoms with Crippen molar-refractivity contribution in [3.05, 3.63) is 75.3 Å². The van der Waals surface area contributed by atoms with Crippen LogP contribution in [0.25, 0.3) is 0 Å². The summed E-state index contributed by atoms with van der Waals surface area (Å²) in [5.41, 5.74) is 1.41. The molecule has 1 aliphatic heterocycles. The Labute approximate surface area is 200 Å². The third-order valence-electron chi connectivity index (χ3n) is 6.12. The maximum absolute atomic E-state index is 13.2. The standard InChI is InChI=1S/C24H25ClF3N5O/c1-14-11-18(24(26,27)28)12-15(2)21(14)29-23(34)32-10-4-5-20(32)22-31-30-16(3)33(22)13-17-6-8-19(25)9-7-17/h6-9,11-12,20H,4-5,10,13H2,1-3H3,(H,29,34)/t20-/m1/s1. The van der Waals surface area contributed by atoms with Gasteiger partial charge >= 0.3 is 12.2 Å². The number of rotatable bonds is 4. The van der Waals surface area contributed by atoms with Crippen molar-refractivity contribution in [1.29, 1.82) is 0 Å². The van der Waals surface area contributed by atoms with E-state index in [1.165, 1.54) is 0 Å². The second kappa shape index (κ2) is 9.29. The minimum absolute atomic E-state index is 0.288. The van der Waals surface area contributed by atoms with Gasteiger partial charge in [-0.1, -0.05) is 23.7 Å². The molecular formula is C24H25ClF3N5O. The SMILES string of the molecule is Cc1cc(C(F)(F)F)cc(C)c1NC(=O)N1CCC[C@@H]1c1nnc(C)n1Cc1ccc(Cl)cc1. The molecule has 1 fully saturated rings. The van der Waals surface area contributed by atoms with E-state index in [0.29, 0.717) is 40.8 Å². The quantitative estimate of drug-likeness (QED) is 0.466. The van der Waals surface area contributed by atoms with Crippen molar-refractivity contribution >= 4 is 23.3 Å². The molecule has 0 radical (unpaired) electrons. The fraction of sp³-hybridized carbons (Fsp3) is 0.375. The van der Waals surface area contributed by atoms with E-state index in [0.717, 1.165) is 36.4 Å². The average Bonchev–Trinajstić information content (AvgIpc) is 3.38. The zero-order valence-corrected chi connectivity index (χ0v) is 19.8. The van der Waals surface area contributed by atoms with Gasteiger partial charge in [0.25, 0.3) is 0 Å². The summed E-state index contributed by atoms with van der Waals surface area (Å²) in [4.78, 5) is 14.9. The number of aryl methyl sites for hydroxylation is 3. The van der Waals surface area contributed by atoms with Gasteiger partial charge in [0.05, 0.1) is 18.2 Å². The summed E-state index contributed by atoms with van der Waals surface area (Å²) in [5.74, 6) is 1.41. The Kier molecular flexibility index (Phi) is 6.58. The normalized spacial score (nSPS) is 16.2. The topological polar surface area (TPSA) is 63.1 Å². The first-order valence-electron chi connectivity index (χ1n) is 10.9. The van der Waals surface area contributed by atoms with Crippen molar-refractivity contribution in [3.63, 3.8) is 0 Å². The summed E-state index contributed by atoms with van der Waals surface area (Å²) in [5, 5.41) is 12.1. The Balaban J connectivity index is 1.57. The number of benzene rings is 2. The number of anilines is 1. The predicted molar refractivity (Wildman–Crippen MR) is 124 cm³/mol. The second-order valence-corrected chi connectivity index (χ2v) is 9.02. The van der Waals surface area contributed by atoms with E-state index in [1.54, 1.807) is 18.7 Å². The molecule has 2 aromatic carbocycles. The number of likely N-dealkylation sites (tertiary alicyclic amines) is 1. The highest BCUT2D eigenvalue weighted by Crippen LogP contribution is 2.35. The fourth-order valence-corrected chi connectivity index (χ4v) is 4.52. The number of carbonyl (C=O) groups excluding carboxylic acids is 1. The number of nitrogens with one attached hydrogen (secondary N) is 1. The van der Waals surface area contributed by atoms with Crippen molar-refractivity contribution in [1.82, 2.24) is 19.7 Å². The van der Waals surface area contributed by atoms with Gasteiger partial charge in [-0.2, -0.15) is 13.2 Å². The molecule has 1 atom stereocenters. The number of aromatic nitrogens is 3. The Hall–Kier alpha value is -3.07. The molecule has 180 valence electrons. The summed E-state index contributed by atoms with van der Waals surface area (Å²) in [6, 6.07) is 8.95. The van der Waals surface area contributed by atoms with E-state index < -0.39 is 11.7 Å². The van der Waals surface area contributed by atoms with Crippen LogP contribution < -0.4 is 5.32 Å². The van der Waals surface area contributed by atoms with Crippen LogP contribution in [-0.2, 0) is 12.7 Å². The molecule has 1 aromatic heterocycles. The van der Waals surface area contributed by atoms with Gasteiger partial charge in [0.1, 0.15) is 5.82 Å². The van der Waals surface area contributed by atoms with Gasteiger partial charge in [0.15, 0.2) is 5.82 Å². The van der Waals surface area contributed by atoms with Crippen LogP contribution in [0.1, 0.15) is 52.8 Å². The number of hydrogen-bond donors (Lipinski definition) is 1. The first kappa shape index (κ1) is 24.1. The summed E-state index contributed by atoms with van der Waals surface area (Å²) in [6.45, 7) is 6.04. The lowest BCUT2D eigenvalue weighted by Crippen LogP contribution is -2.36. The Morgan fingerprint density at radius 3 is 2.38 bits per heavy atom. The lowest BCUT2D eigenvalue weighted by Gasteiger charge is -2.26. The third-order valence-corrected chi connectivity index (χ3v) is 6.37. The van der Waals surface area contributed by atoms with Crippen LogP contribution in [0.15, 0.2) is 36.4 Å². The molecule has 0 bridgehead atoms. The van der Waals surface area contributed by atoms with Crippen LogP contribution in [0, 0.1) is 20.8 Å². The van der Waals surface area contributed by atoms with E-state index in [1.807, 2.05) is 35.8 Å². The average molecular weight is 492 g/mol. The van der Waals surface area contributed by atoms with Crippen molar-refractivity contribution in [2.75, 3.05) is 11.9 Å². The number of alkyl halides is 3. The highest BCUT2D eigenvalue weighted by atomic mass is 35.5. The van der Waals surface area contributed by atoms with Crippen LogP contribution in [0.4, 0.5) is 23.7 Å². The van der Waals surface area contributed by atoms with Crippen LogP contribution in [0.3, 0.4) is 0 Å². The Morgan fingerprint density at radius 2 is 1.76 bits per heavy atom. The van der Waals surface area contributed by atoms with Gasteiger partial charge in [-0.15, -0.1) is 10.2 Å². The molecule has 0 unspecified atom stereocenters. The van der Waals surface area contributed by atoms with Gasteiger partial charge in [-0.25, -0.2) is 4.79 Å². The first-order valence-corrected chi connectivity index (χ1v) is 11.3. The van der Waals surface area contributed by atoms with E-state index in [4.69, 9.17) is 11.6 Å². The van der Waals surface area contributed by atoms with Crippen LogP contribution >= 0.6 is 11.6 Å². The van der Waals surface area contributed by atoms with Crippen LogP contribution in [-0.4, -0.2) is 32.2 Å². The molecule has 1 aliphatic rings. The van der Waals surface area contributed by atoms with Crippen LogP contribution in [0.5, 0.6) is 0 Å². The number of carbonyl (C=O) groups is 1. The molecular weight excluding hydrogens is 467 g/mol. The van der Waals surface area contributed by atoms with Crippen molar-refractivity contribution in [2.45, 2.75) is 52.4 Å². The molecule has 1 N–H and O–H groups in total. The molecule has 4 rings (SSSR count). The van der Waals surface area contributed by atoms with E-state index >= 15 is 0 Å². The Bertz CT molecular complexity index is 1180.